The molecular formula is C19H27O2. The Morgan fingerprint density at radius 1 is 1.33 bits per heavy atom. The first-order chi connectivity index (χ1) is 10.3. The highest BCUT2D eigenvalue weighted by atomic mass is 16.5. The number of hydrogen-bond donors (Lipinski definition) is 0. The van der Waals surface area contributed by atoms with Crippen LogP contribution < -0.4 is 4.74 Å². The zero-order chi connectivity index (χ0) is 14.9. The lowest BCUT2D eigenvalue weighted by atomic mass is 9.84. The van der Waals surface area contributed by atoms with Crippen molar-refractivity contribution in [1.29, 1.82) is 0 Å². The SMILES string of the molecule is CCC[C](C=CCc1ccc(OC)cc1)C1CCCOC1. The standard InChI is InChI=1S/C19H27O2/c1-3-6-17(18-9-5-14-21-15-18)8-4-7-16-10-12-19(20-2)13-11-16/h4,8,10-13,18H,3,5-7,9,14-15H2,1-2H3. The Bertz CT molecular complexity index is 416. The first-order valence-electron chi connectivity index (χ1n) is 8.06. The van der Waals surface area contributed by atoms with Crippen LogP contribution in [0, 0.1) is 11.8 Å². The Hall–Kier alpha value is -1.28. The van der Waals surface area contributed by atoms with E-state index in [2.05, 4.69) is 31.2 Å². The molecule has 0 bridgehead atoms. The van der Waals surface area contributed by atoms with Gasteiger partial charge >= 0.3 is 0 Å². The zero-order valence-electron chi connectivity index (χ0n) is 13.3. The van der Waals surface area contributed by atoms with Gasteiger partial charge in [0.25, 0.3) is 0 Å². The maximum absolute atomic E-state index is 5.63. The number of benzene rings is 1. The van der Waals surface area contributed by atoms with Gasteiger partial charge in [-0.2, -0.15) is 0 Å². The Balaban J connectivity index is 1.88. The van der Waals surface area contributed by atoms with E-state index in [1.807, 2.05) is 12.1 Å². The molecule has 1 aromatic carbocycles. The summed E-state index contributed by atoms with van der Waals surface area (Å²) in [5.74, 6) is 3.11. The van der Waals surface area contributed by atoms with Crippen molar-refractivity contribution in [3.63, 3.8) is 0 Å². The van der Waals surface area contributed by atoms with E-state index in [0.717, 1.165) is 25.4 Å². The molecule has 2 nitrogen and oxygen atoms in total. The van der Waals surface area contributed by atoms with Crippen LogP contribution in [0.2, 0.25) is 0 Å². The van der Waals surface area contributed by atoms with Gasteiger partial charge in [0.2, 0.25) is 0 Å². The van der Waals surface area contributed by atoms with E-state index in [1.165, 1.54) is 31.2 Å². The van der Waals surface area contributed by atoms with Gasteiger partial charge in [-0.1, -0.05) is 37.6 Å². The summed E-state index contributed by atoms with van der Waals surface area (Å²) < 4.78 is 10.8. The summed E-state index contributed by atoms with van der Waals surface area (Å²) in [6, 6.07) is 8.31. The van der Waals surface area contributed by atoms with Crippen LogP contribution in [0.1, 0.15) is 38.2 Å². The van der Waals surface area contributed by atoms with E-state index >= 15 is 0 Å². The maximum Gasteiger partial charge on any atom is 0.118 e. The third-order valence-electron chi connectivity index (χ3n) is 4.07. The van der Waals surface area contributed by atoms with Crippen LogP contribution in [0.25, 0.3) is 0 Å². The summed E-state index contributed by atoms with van der Waals surface area (Å²) in [6.45, 7) is 4.09. The third-order valence-corrected chi connectivity index (χ3v) is 4.07. The van der Waals surface area contributed by atoms with Gasteiger partial charge in [0, 0.05) is 12.5 Å². The van der Waals surface area contributed by atoms with Gasteiger partial charge in [0.1, 0.15) is 5.75 Å². The molecule has 1 aliphatic rings. The smallest absolute Gasteiger partial charge is 0.118 e. The Morgan fingerprint density at radius 3 is 2.76 bits per heavy atom. The molecule has 0 aromatic heterocycles. The lowest BCUT2D eigenvalue weighted by Crippen LogP contribution is -2.22. The van der Waals surface area contributed by atoms with Crippen LogP contribution in [0.15, 0.2) is 36.4 Å². The fourth-order valence-corrected chi connectivity index (χ4v) is 2.85. The Labute approximate surface area is 129 Å². The van der Waals surface area contributed by atoms with Gasteiger partial charge in [0.15, 0.2) is 0 Å². The second kappa shape index (κ2) is 8.89. The number of allylic oxidation sites excluding steroid dienone is 2. The molecular weight excluding hydrogens is 260 g/mol. The van der Waals surface area contributed by atoms with E-state index < -0.39 is 0 Å². The van der Waals surface area contributed by atoms with Crippen molar-refractivity contribution in [2.24, 2.45) is 5.92 Å². The van der Waals surface area contributed by atoms with E-state index in [-0.39, 0.29) is 0 Å². The lowest BCUT2D eigenvalue weighted by molar-refractivity contribution is 0.0604. The van der Waals surface area contributed by atoms with E-state index in [9.17, 15) is 0 Å². The molecule has 21 heavy (non-hydrogen) atoms. The van der Waals surface area contributed by atoms with Crippen LogP contribution in [0.4, 0.5) is 0 Å². The third kappa shape index (κ3) is 5.20. The molecule has 1 atom stereocenters. The monoisotopic (exact) mass is 287 g/mol. The largest absolute Gasteiger partial charge is 0.497 e. The summed E-state index contributed by atoms with van der Waals surface area (Å²) in [5.41, 5.74) is 1.32. The van der Waals surface area contributed by atoms with Crippen molar-refractivity contribution in [2.45, 2.75) is 39.0 Å². The fraction of sp³-hybridized carbons (Fsp3) is 0.526. The number of hydrogen-bond acceptors (Lipinski definition) is 2. The van der Waals surface area contributed by atoms with E-state index in [1.54, 1.807) is 13.0 Å². The highest BCUT2D eigenvalue weighted by molar-refractivity contribution is 5.29. The fourth-order valence-electron chi connectivity index (χ4n) is 2.85. The van der Waals surface area contributed by atoms with Crippen molar-refractivity contribution in [1.82, 2.24) is 0 Å². The molecule has 0 N–H and O–H groups in total. The van der Waals surface area contributed by atoms with Crippen molar-refractivity contribution >= 4 is 0 Å². The van der Waals surface area contributed by atoms with E-state index in [4.69, 9.17) is 9.47 Å². The predicted octanol–water partition coefficient (Wildman–Crippen LogP) is 4.60. The molecule has 1 saturated heterocycles. The molecule has 0 spiro atoms. The molecule has 0 aliphatic carbocycles. The molecule has 1 radical (unpaired) electrons. The van der Waals surface area contributed by atoms with Gasteiger partial charge in [-0.15, -0.1) is 0 Å². The normalized spacial score (nSPS) is 19.3. The minimum absolute atomic E-state index is 0.630. The van der Waals surface area contributed by atoms with Crippen molar-refractivity contribution in [3.8, 4) is 5.75 Å². The first-order valence-corrected chi connectivity index (χ1v) is 8.06. The van der Waals surface area contributed by atoms with Crippen molar-refractivity contribution in [2.75, 3.05) is 20.3 Å². The summed E-state index contributed by atoms with van der Waals surface area (Å²) in [7, 11) is 1.70. The van der Waals surface area contributed by atoms with Gasteiger partial charge in [-0.25, -0.2) is 0 Å². The van der Waals surface area contributed by atoms with Crippen LogP contribution in [-0.2, 0) is 11.2 Å². The molecule has 1 aliphatic heterocycles. The Morgan fingerprint density at radius 2 is 2.14 bits per heavy atom. The highest BCUT2D eigenvalue weighted by Crippen LogP contribution is 2.29. The molecule has 1 aromatic rings. The van der Waals surface area contributed by atoms with Crippen LogP contribution >= 0.6 is 0 Å². The molecule has 2 heteroatoms. The molecule has 115 valence electrons. The van der Waals surface area contributed by atoms with Gasteiger partial charge in [0.05, 0.1) is 13.7 Å². The minimum atomic E-state index is 0.630. The predicted molar refractivity (Wildman–Crippen MR) is 87.5 cm³/mol. The topological polar surface area (TPSA) is 18.5 Å². The number of ether oxygens (including phenoxy) is 2. The average Bonchev–Trinajstić information content (AvgIpc) is 2.55. The molecule has 1 fully saturated rings. The molecule has 1 heterocycles. The molecule has 0 saturated carbocycles. The van der Waals surface area contributed by atoms with E-state index in [0.29, 0.717) is 5.92 Å². The second-order valence-electron chi connectivity index (χ2n) is 5.69. The zero-order valence-corrected chi connectivity index (χ0v) is 13.3. The van der Waals surface area contributed by atoms with Gasteiger partial charge < -0.3 is 9.47 Å². The average molecular weight is 287 g/mol. The van der Waals surface area contributed by atoms with Crippen LogP contribution in [0.5, 0.6) is 5.75 Å². The van der Waals surface area contributed by atoms with Crippen molar-refractivity contribution < 1.29 is 9.47 Å². The summed E-state index contributed by atoms with van der Waals surface area (Å²) in [4.78, 5) is 0. The van der Waals surface area contributed by atoms with Crippen LogP contribution in [0.3, 0.4) is 0 Å². The first kappa shape index (κ1) is 16.1. The summed E-state index contributed by atoms with van der Waals surface area (Å²) in [6.07, 6.45) is 10.5. The molecule has 2 rings (SSSR count). The molecule has 0 amide bonds. The van der Waals surface area contributed by atoms with Gasteiger partial charge in [-0.05, 0) is 49.3 Å². The maximum atomic E-state index is 5.63. The lowest BCUT2D eigenvalue weighted by Gasteiger charge is -2.27. The summed E-state index contributed by atoms with van der Waals surface area (Å²) >= 11 is 0. The quantitative estimate of drug-likeness (QED) is 0.730. The minimum Gasteiger partial charge on any atom is -0.497 e. The Kier molecular flexibility index (Phi) is 6.81. The highest BCUT2D eigenvalue weighted by Gasteiger charge is 2.21. The van der Waals surface area contributed by atoms with Gasteiger partial charge in [-0.3, -0.25) is 0 Å². The second-order valence-corrected chi connectivity index (χ2v) is 5.69. The summed E-state index contributed by atoms with van der Waals surface area (Å²) in [5, 5.41) is 0. The number of methoxy groups -OCH3 is 1. The van der Waals surface area contributed by atoms with Crippen molar-refractivity contribution in [3.05, 3.63) is 47.9 Å². The molecule has 1 unspecified atom stereocenters. The number of rotatable bonds is 7. The van der Waals surface area contributed by atoms with Crippen LogP contribution in [-0.4, -0.2) is 20.3 Å².